The van der Waals surface area contributed by atoms with Crippen LogP contribution in [0.3, 0.4) is 0 Å². The van der Waals surface area contributed by atoms with Gasteiger partial charge in [0.05, 0.1) is 11.1 Å². The van der Waals surface area contributed by atoms with E-state index >= 15 is 0 Å². The molecule has 0 saturated heterocycles. The summed E-state index contributed by atoms with van der Waals surface area (Å²) in [5, 5.41) is 2.70. The number of hydrogen-bond donors (Lipinski definition) is 1. The van der Waals surface area contributed by atoms with Crippen LogP contribution in [0.15, 0.2) is 42.5 Å². The molecule has 1 N–H and O–H groups in total. The molecule has 1 aliphatic rings. The van der Waals surface area contributed by atoms with Gasteiger partial charge in [0.25, 0.3) is 17.7 Å². The van der Waals surface area contributed by atoms with Gasteiger partial charge in [-0.25, -0.2) is 4.79 Å². The molecular formula is C23H24N2O5. The zero-order valence-corrected chi connectivity index (χ0v) is 17.4. The van der Waals surface area contributed by atoms with Gasteiger partial charge in [-0.2, -0.15) is 0 Å². The van der Waals surface area contributed by atoms with Crippen molar-refractivity contribution in [2.45, 2.75) is 33.7 Å². The fourth-order valence-electron chi connectivity index (χ4n) is 3.50. The van der Waals surface area contributed by atoms with Gasteiger partial charge >= 0.3 is 5.97 Å². The van der Waals surface area contributed by atoms with Gasteiger partial charge in [0.1, 0.15) is 6.04 Å². The second kappa shape index (κ2) is 8.49. The van der Waals surface area contributed by atoms with Crippen molar-refractivity contribution in [1.29, 1.82) is 0 Å². The summed E-state index contributed by atoms with van der Waals surface area (Å²) in [4.78, 5) is 51.3. The molecule has 156 valence electrons. The number of nitrogens with one attached hydrogen (secondary N) is 1. The third kappa shape index (κ3) is 4.10. The van der Waals surface area contributed by atoms with E-state index in [0.29, 0.717) is 5.69 Å². The summed E-state index contributed by atoms with van der Waals surface area (Å²) in [5.74, 6) is -2.76. The minimum absolute atomic E-state index is 0.258. The van der Waals surface area contributed by atoms with E-state index in [4.69, 9.17) is 4.74 Å². The summed E-state index contributed by atoms with van der Waals surface area (Å²) >= 11 is 0. The molecule has 1 atom stereocenters. The molecule has 30 heavy (non-hydrogen) atoms. The van der Waals surface area contributed by atoms with Gasteiger partial charge in [-0.05, 0) is 43.5 Å². The maximum absolute atomic E-state index is 12.7. The molecule has 0 radical (unpaired) electrons. The molecule has 2 aromatic carbocycles. The van der Waals surface area contributed by atoms with Gasteiger partial charge in [-0.15, -0.1) is 0 Å². The predicted octanol–water partition coefficient (Wildman–Crippen LogP) is 3.11. The van der Waals surface area contributed by atoms with E-state index in [-0.39, 0.29) is 17.0 Å². The number of esters is 1. The fourth-order valence-corrected chi connectivity index (χ4v) is 3.50. The first-order chi connectivity index (χ1) is 14.2. The number of anilines is 1. The van der Waals surface area contributed by atoms with Crippen LogP contribution >= 0.6 is 0 Å². The molecule has 0 fully saturated rings. The van der Waals surface area contributed by atoms with E-state index in [1.807, 2.05) is 26.0 Å². The Kier molecular flexibility index (Phi) is 6.01. The number of aryl methyl sites for hydroxylation is 2. The molecule has 0 bridgehead atoms. The quantitative estimate of drug-likeness (QED) is 0.586. The number of amides is 3. The lowest BCUT2D eigenvalue weighted by Crippen LogP contribution is -2.49. The smallest absolute Gasteiger partial charge is 0.330 e. The molecule has 0 aliphatic carbocycles. The summed E-state index contributed by atoms with van der Waals surface area (Å²) in [6.07, 6.45) is 0. The molecule has 1 aliphatic heterocycles. The molecule has 1 unspecified atom stereocenters. The van der Waals surface area contributed by atoms with Gasteiger partial charge < -0.3 is 10.1 Å². The van der Waals surface area contributed by atoms with Crippen LogP contribution in [0.4, 0.5) is 5.69 Å². The maximum Gasteiger partial charge on any atom is 0.330 e. The summed E-state index contributed by atoms with van der Waals surface area (Å²) in [6, 6.07) is 10.9. The highest BCUT2D eigenvalue weighted by Gasteiger charge is 2.44. The molecule has 2 aromatic rings. The van der Waals surface area contributed by atoms with Crippen molar-refractivity contribution in [3.8, 4) is 0 Å². The minimum Gasteiger partial charge on any atom is -0.454 e. The van der Waals surface area contributed by atoms with Gasteiger partial charge in [0.2, 0.25) is 0 Å². The van der Waals surface area contributed by atoms with Gasteiger partial charge in [0, 0.05) is 5.69 Å². The summed E-state index contributed by atoms with van der Waals surface area (Å²) in [6.45, 7) is 6.73. The Labute approximate surface area is 175 Å². The normalized spacial score (nSPS) is 14.0. The number of nitrogens with zero attached hydrogens (tertiary/aromatic N) is 1. The Morgan fingerprint density at radius 3 is 2.13 bits per heavy atom. The monoisotopic (exact) mass is 408 g/mol. The number of imide groups is 1. The average Bonchev–Trinajstić information content (AvgIpc) is 2.94. The number of ether oxygens (including phenoxy) is 1. The first-order valence-corrected chi connectivity index (χ1v) is 9.71. The number of rotatable bonds is 6. The third-order valence-electron chi connectivity index (χ3n) is 4.98. The van der Waals surface area contributed by atoms with Crippen LogP contribution in [0.1, 0.15) is 45.7 Å². The van der Waals surface area contributed by atoms with Crippen molar-refractivity contribution < 1.29 is 23.9 Å². The largest absolute Gasteiger partial charge is 0.454 e. The van der Waals surface area contributed by atoms with Crippen LogP contribution in [-0.4, -0.2) is 41.2 Å². The zero-order valence-electron chi connectivity index (χ0n) is 17.4. The summed E-state index contributed by atoms with van der Waals surface area (Å²) < 4.78 is 5.17. The second-order valence-electron chi connectivity index (χ2n) is 7.69. The Morgan fingerprint density at radius 1 is 1.00 bits per heavy atom. The van der Waals surface area contributed by atoms with Crippen molar-refractivity contribution in [3.63, 3.8) is 0 Å². The highest BCUT2D eigenvalue weighted by molar-refractivity contribution is 6.22. The van der Waals surface area contributed by atoms with E-state index in [0.717, 1.165) is 16.0 Å². The Balaban J connectivity index is 1.69. The number of carbonyl (C=O) groups is 4. The van der Waals surface area contributed by atoms with Gasteiger partial charge in [0.15, 0.2) is 6.61 Å². The van der Waals surface area contributed by atoms with Crippen LogP contribution in [0, 0.1) is 19.8 Å². The van der Waals surface area contributed by atoms with E-state index in [2.05, 4.69) is 5.32 Å². The van der Waals surface area contributed by atoms with E-state index in [1.165, 1.54) is 0 Å². The van der Waals surface area contributed by atoms with Crippen LogP contribution in [0.5, 0.6) is 0 Å². The molecule has 0 saturated carbocycles. The van der Waals surface area contributed by atoms with Crippen molar-refractivity contribution in [2.24, 2.45) is 5.92 Å². The summed E-state index contributed by atoms with van der Waals surface area (Å²) in [7, 11) is 0. The first kappa shape index (κ1) is 21.2. The Bertz CT molecular complexity index is 993. The third-order valence-corrected chi connectivity index (χ3v) is 4.98. The molecule has 0 aromatic heterocycles. The molecule has 3 amide bonds. The topological polar surface area (TPSA) is 92.8 Å². The Hall–Kier alpha value is -3.48. The highest BCUT2D eigenvalue weighted by Crippen LogP contribution is 2.27. The molecule has 1 heterocycles. The van der Waals surface area contributed by atoms with Gasteiger partial charge in [-0.3, -0.25) is 19.3 Å². The number of hydrogen-bond acceptors (Lipinski definition) is 5. The zero-order chi connectivity index (χ0) is 22.0. The summed E-state index contributed by atoms with van der Waals surface area (Å²) in [5.41, 5.74) is 3.10. The second-order valence-corrected chi connectivity index (χ2v) is 7.69. The van der Waals surface area contributed by atoms with E-state index in [9.17, 15) is 19.2 Å². The lowest BCUT2D eigenvalue weighted by molar-refractivity contribution is -0.152. The average molecular weight is 408 g/mol. The van der Waals surface area contributed by atoms with Crippen LogP contribution < -0.4 is 5.32 Å². The highest BCUT2D eigenvalue weighted by atomic mass is 16.5. The lowest BCUT2D eigenvalue weighted by Gasteiger charge is -2.27. The van der Waals surface area contributed by atoms with Crippen LogP contribution in [0.2, 0.25) is 0 Å². The van der Waals surface area contributed by atoms with Crippen LogP contribution in [-0.2, 0) is 14.3 Å². The molecular weight excluding hydrogens is 384 g/mol. The van der Waals surface area contributed by atoms with Gasteiger partial charge in [-0.1, -0.05) is 43.7 Å². The van der Waals surface area contributed by atoms with Crippen molar-refractivity contribution >= 4 is 29.4 Å². The molecule has 7 heteroatoms. The molecule has 3 rings (SSSR count). The van der Waals surface area contributed by atoms with E-state index < -0.39 is 36.3 Å². The molecule has 0 spiro atoms. The van der Waals surface area contributed by atoms with Crippen molar-refractivity contribution in [2.75, 3.05) is 11.9 Å². The number of benzene rings is 2. The minimum atomic E-state index is -1.12. The predicted molar refractivity (Wildman–Crippen MR) is 111 cm³/mol. The van der Waals surface area contributed by atoms with E-state index in [1.54, 1.807) is 44.2 Å². The Morgan fingerprint density at radius 2 is 1.60 bits per heavy atom. The first-order valence-electron chi connectivity index (χ1n) is 9.71. The lowest BCUT2D eigenvalue weighted by atomic mass is 10.0. The van der Waals surface area contributed by atoms with Crippen molar-refractivity contribution in [1.82, 2.24) is 4.90 Å². The molecule has 7 nitrogen and oxygen atoms in total. The van der Waals surface area contributed by atoms with Crippen molar-refractivity contribution in [3.05, 3.63) is 64.7 Å². The fraction of sp³-hybridized carbons (Fsp3) is 0.304. The van der Waals surface area contributed by atoms with Crippen LogP contribution in [0.25, 0.3) is 0 Å². The number of carbonyl (C=O) groups excluding carboxylic acids is 4. The number of fused-ring (bicyclic) bond motifs is 1. The maximum atomic E-state index is 12.7. The standard InChI is InChI=1S/C23H24N2O5/c1-13(2)20(25-21(27)16-7-5-6-8-17(16)22(25)28)23(29)30-12-19(26)24-18-10-9-14(3)11-15(18)4/h5-11,13,20H,12H2,1-4H3,(H,24,26). The SMILES string of the molecule is Cc1ccc(NC(=O)COC(=O)C(C(C)C)N2C(=O)c3ccccc3C2=O)c(C)c1.